The molecule has 0 fully saturated rings. The van der Waals surface area contributed by atoms with Crippen molar-refractivity contribution < 1.29 is 28.6 Å². The molecule has 0 radical (unpaired) electrons. The molecule has 8 heteroatoms. The van der Waals surface area contributed by atoms with E-state index in [4.69, 9.17) is 14.6 Å². The monoisotopic (exact) mass is 400 g/mol. The fourth-order valence-electron chi connectivity index (χ4n) is 3.21. The van der Waals surface area contributed by atoms with Gasteiger partial charge in [-0.2, -0.15) is 5.10 Å². The minimum absolute atomic E-state index is 0.207. The molecule has 29 heavy (non-hydrogen) atoms. The normalized spacial score (nSPS) is 15.8. The molecule has 2 aromatic carbocycles. The van der Waals surface area contributed by atoms with Crippen LogP contribution in [0.15, 0.2) is 47.6 Å². The minimum Gasteiger partial charge on any atom is -0.497 e. The van der Waals surface area contributed by atoms with Crippen LogP contribution >= 0.6 is 0 Å². The molecule has 1 atom stereocenters. The van der Waals surface area contributed by atoms with E-state index >= 15 is 0 Å². The molecule has 0 bridgehead atoms. The Kier molecular flexibility index (Phi) is 6.11. The molecule has 1 aliphatic heterocycles. The highest BCUT2D eigenvalue weighted by molar-refractivity contribution is 6.03. The average Bonchev–Trinajstić information content (AvgIpc) is 3.17. The molecular formula is C21H21FN2O5. The molecule has 0 saturated heterocycles. The van der Waals surface area contributed by atoms with Crippen LogP contribution in [0.4, 0.5) is 4.39 Å². The second-order valence-electron chi connectivity index (χ2n) is 6.52. The van der Waals surface area contributed by atoms with Crippen LogP contribution in [0.3, 0.4) is 0 Å². The van der Waals surface area contributed by atoms with Gasteiger partial charge >= 0.3 is 5.97 Å². The lowest BCUT2D eigenvalue weighted by Gasteiger charge is -2.22. The summed E-state index contributed by atoms with van der Waals surface area (Å²) in [6, 6.07) is 10.9. The van der Waals surface area contributed by atoms with Gasteiger partial charge < -0.3 is 14.6 Å². The van der Waals surface area contributed by atoms with E-state index in [-0.39, 0.29) is 19.3 Å². The molecule has 0 aliphatic carbocycles. The van der Waals surface area contributed by atoms with Gasteiger partial charge in [0.1, 0.15) is 17.3 Å². The maximum Gasteiger partial charge on any atom is 0.303 e. The number of amides is 1. The molecule has 7 nitrogen and oxygen atoms in total. The molecule has 1 amide bonds. The van der Waals surface area contributed by atoms with Crippen LogP contribution in [-0.2, 0) is 9.59 Å². The van der Waals surface area contributed by atoms with Gasteiger partial charge in [0, 0.05) is 24.5 Å². The first-order chi connectivity index (χ1) is 13.9. The zero-order chi connectivity index (χ0) is 21.0. The lowest BCUT2D eigenvalue weighted by Crippen LogP contribution is -2.27. The summed E-state index contributed by atoms with van der Waals surface area (Å²) >= 11 is 0. The predicted molar refractivity (Wildman–Crippen MR) is 104 cm³/mol. The van der Waals surface area contributed by atoms with E-state index in [0.717, 1.165) is 0 Å². The highest BCUT2D eigenvalue weighted by Gasteiger charge is 2.34. The van der Waals surface area contributed by atoms with Crippen LogP contribution in [0.5, 0.6) is 11.5 Å². The van der Waals surface area contributed by atoms with Crippen LogP contribution in [0.2, 0.25) is 0 Å². The smallest absolute Gasteiger partial charge is 0.303 e. The third-order valence-corrected chi connectivity index (χ3v) is 4.66. The van der Waals surface area contributed by atoms with E-state index in [1.165, 1.54) is 25.3 Å². The maximum absolute atomic E-state index is 14.3. The van der Waals surface area contributed by atoms with Crippen LogP contribution in [-0.4, -0.2) is 41.9 Å². The molecule has 152 valence electrons. The van der Waals surface area contributed by atoms with Crippen molar-refractivity contribution in [2.24, 2.45) is 5.10 Å². The number of methoxy groups -OCH3 is 2. The third-order valence-electron chi connectivity index (χ3n) is 4.66. The maximum atomic E-state index is 14.3. The second-order valence-corrected chi connectivity index (χ2v) is 6.52. The molecule has 0 unspecified atom stereocenters. The molecule has 1 N–H and O–H groups in total. The number of carboxylic acid groups (broad SMARTS) is 1. The zero-order valence-corrected chi connectivity index (χ0v) is 16.1. The van der Waals surface area contributed by atoms with E-state index in [1.807, 2.05) is 0 Å². The average molecular weight is 400 g/mol. The van der Waals surface area contributed by atoms with Gasteiger partial charge in [-0.05, 0) is 23.8 Å². The van der Waals surface area contributed by atoms with Gasteiger partial charge in [-0.3, -0.25) is 9.59 Å². The number of hydrogen-bond acceptors (Lipinski definition) is 5. The Bertz CT molecular complexity index is 938. The number of benzene rings is 2. The molecule has 1 heterocycles. The number of ether oxygens (including phenoxy) is 2. The predicted octanol–water partition coefficient (Wildman–Crippen LogP) is 3.39. The lowest BCUT2D eigenvalue weighted by molar-refractivity contribution is -0.141. The number of carboxylic acids is 1. The summed E-state index contributed by atoms with van der Waals surface area (Å²) in [5.74, 6) is -0.887. The number of rotatable bonds is 7. The van der Waals surface area contributed by atoms with Gasteiger partial charge in [-0.1, -0.05) is 18.2 Å². The number of halogens is 1. The number of aliphatic carboxylic acids is 1. The first kappa shape index (κ1) is 20.3. The van der Waals surface area contributed by atoms with Crippen molar-refractivity contribution >= 4 is 17.6 Å². The third kappa shape index (κ3) is 4.53. The summed E-state index contributed by atoms with van der Waals surface area (Å²) in [5, 5.41) is 14.5. The lowest BCUT2D eigenvalue weighted by atomic mass is 9.97. The largest absolute Gasteiger partial charge is 0.497 e. The number of hydrazone groups is 1. The Labute approximate surface area is 167 Å². The molecule has 0 saturated carbocycles. The first-order valence-corrected chi connectivity index (χ1v) is 9.02. The van der Waals surface area contributed by atoms with Crippen molar-refractivity contribution in [1.29, 1.82) is 0 Å². The number of nitrogens with zero attached hydrogens (tertiary/aromatic N) is 2. The van der Waals surface area contributed by atoms with Crippen LogP contribution in [0, 0.1) is 5.82 Å². The minimum atomic E-state index is -1.07. The van der Waals surface area contributed by atoms with Gasteiger partial charge in [-0.25, -0.2) is 9.40 Å². The Morgan fingerprint density at radius 2 is 1.79 bits per heavy atom. The van der Waals surface area contributed by atoms with E-state index in [2.05, 4.69) is 5.10 Å². The van der Waals surface area contributed by atoms with Crippen molar-refractivity contribution in [3.05, 3.63) is 59.4 Å². The fourth-order valence-corrected chi connectivity index (χ4v) is 3.21. The quantitative estimate of drug-likeness (QED) is 0.770. The van der Waals surface area contributed by atoms with E-state index in [0.29, 0.717) is 28.3 Å². The highest BCUT2D eigenvalue weighted by atomic mass is 19.1. The second kappa shape index (κ2) is 8.72. The van der Waals surface area contributed by atoms with Gasteiger partial charge in [0.05, 0.1) is 32.4 Å². The Hall–Kier alpha value is -3.42. The Morgan fingerprint density at radius 3 is 2.38 bits per heavy atom. The summed E-state index contributed by atoms with van der Waals surface area (Å²) in [4.78, 5) is 23.6. The topological polar surface area (TPSA) is 88.4 Å². The summed E-state index contributed by atoms with van der Waals surface area (Å²) in [6.07, 6.45) is -0.245. The van der Waals surface area contributed by atoms with Gasteiger partial charge in [-0.15, -0.1) is 0 Å². The van der Waals surface area contributed by atoms with Crippen molar-refractivity contribution in [2.45, 2.75) is 25.3 Å². The SMILES string of the molecule is COc1cc(OC)cc([C@H]2CC(c3ccccc3F)=NN2C(=O)CCC(=O)O)c1. The van der Waals surface area contributed by atoms with Gasteiger partial charge in [0.2, 0.25) is 5.91 Å². The number of hydrogen-bond donors (Lipinski definition) is 1. The van der Waals surface area contributed by atoms with Gasteiger partial charge in [0.25, 0.3) is 0 Å². The van der Waals surface area contributed by atoms with Crippen molar-refractivity contribution in [3.63, 3.8) is 0 Å². The van der Waals surface area contributed by atoms with Gasteiger partial charge in [0.15, 0.2) is 0 Å². The standard InChI is InChI=1S/C21H21FN2O5/c1-28-14-9-13(10-15(11-14)29-2)19-12-18(16-5-3-4-6-17(16)22)23-24(19)20(25)7-8-21(26)27/h3-6,9-11,19H,7-8,12H2,1-2H3,(H,26,27)/t19-/m1/s1. The van der Waals surface area contributed by atoms with Crippen LogP contribution in [0.25, 0.3) is 0 Å². The summed E-state index contributed by atoms with van der Waals surface area (Å²) in [5.41, 5.74) is 1.42. The van der Waals surface area contributed by atoms with Crippen LogP contribution < -0.4 is 9.47 Å². The van der Waals surface area contributed by atoms with E-state index in [9.17, 15) is 14.0 Å². The van der Waals surface area contributed by atoms with Crippen molar-refractivity contribution in [2.75, 3.05) is 14.2 Å². The summed E-state index contributed by atoms with van der Waals surface area (Å²) in [7, 11) is 3.04. The number of carbonyl (C=O) groups excluding carboxylic acids is 1. The molecule has 1 aliphatic rings. The van der Waals surface area contributed by atoms with Crippen LogP contribution in [0.1, 0.15) is 36.4 Å². The molecular weight excluding hydrogens is 379 g/mol. The Balaban J connectivity index is 1.99. The van der Waals surface area contributed by atoms with E-state index in [1.54, 1.807) is 36.4 Å². The summed E-state index contributed by atoms with van der Waals surface area (Å²) < 4.78 is 24.9. The molecule has 0 spiro atoms. The Morgan fingerprint density at radius 1 is 1.14 bits per heavy atom. The molecule has 2 aromatic rings. The zero-order valence-electron chi connectivity index (χ0n) is 16.1. The highest BCUT2D eigenvalue weighted by Crippen LogP contribution is 2.37. The molecule has 3 rings (SSSR count). The number of carbonyl (C=O) groups is 2. The summed E-state index contributed by atoms with van der Waals surface area (Å²) in [6.45, 7) is 0. The van der Waals surface area contributed by atoms with Crippen molar-refractivity contribution in [3.8, 4) is 11.5 Å². The van der Waals surface area contributed by atoms with Crippen molar-refractivity contribution in [1.82, 2.24) is 5.01 Å². The molecule has 0 aromatic heterocycles. The first-order valence-electron chi connectivity index (χ1n) is 9.02. The fraction of sp³-hybridized carbons (Fsp3) is 0.286. The van der Waals surface area contributed by atoms with E-state index < -0.39 is 23.7 Å².